The van der Waals surface area contributed by atoms with Gasteiger partial charge in [-0.1, -0.05) is 12.1 Å². The minimum absolute atomic E-state index is 0.0395. The molecular formula is C21H23N3O3S. The van der Waals surface area contributed by atoms with Gasteiger partial charge in [0, 0.05) is 26.1 Å². The lowest BCUT2D eigenvalue weighted by Gasteiger charge is -2.28. The van der Waals surface area contributed by atoms with Gasteiger partial charge in [0.15, 0.2) is 17.3 Å². The normalized spacial score (nSPS) is 13.9. The number of H-pyrrole nitrogens is 1. The Labute approximate surface area is 167 Å². The summed E-state index contributed by atoms with van der Waals surface area (Å²) >= 11 is 1.58. The quantitative estimate of drug-likeness (QED) is 0.690. The third-order valence-corrected chi connectivity index (χ3v) is 5.71. The minimum Gasteiger partial charge on any atom is -0.493 e. The highest BCUT2D eigenvalue weighted by Gasteiger charge is 2.22. The highest BCUT2D eigenvalue weighted by Crippen LogP contribution is 2.29. The number of methoxy groups -OCH3 is 1. The van der Waals surface area contributed by atoms with Crippen molar-refractivity contribution in [3.8, 4) is 22.2 Å². The van der Waals surface area contributed by atoms with E-state index in [-0.39, 0.29) is 5.56 Å². The van der Waals surface area contributed by atoms with Gasteiger partial charge in [0.1, 0.15) is 0 Å². The molecule has 146 valence electrons. The Morgan fingerprint density at radius 3 is 2.93 bits per heavy atom. The third kappa shape index (κ3) is 3.81. The standard InChI is InChI=1S/C21H23N3O3S/c1-3-27-17-7-6-14(11-18(17)26-2)12-24-9-8-16-15(13-24)21(25)23-20(22-16)19-5-4-10-28-19/h4-7,10-11H,3,8-9,12-13H2,1-2H3,(H,22,23,25). The van der Waals surface area contributed by atoms with Crippen LogP contribution in [0, 0.1) is 0 Å². The van der Waals surface area contributed by atoms with E-state index in [9.17, 15) is 4.79 Å². The molecule has 1 aromatic carbocycles. The average molecular weight is 398 g/mol. The van der Waals surface area contributed by atoms with E-state index >= 15 is 0 Å². The summed E-state index contributed by atoms with van der Waals surface area (Å²) in [6.07, 6.45) is 0.770. The van der Waals surface area contributed by atoms with Crippen molar-refractivity contribution in [2.24, 2.45) is 0 Å². The van der Waals surface area contributed by atoms with Crippen LogP contribution in [0.25, 0.3) is 10.7 Å². The highest BCUT2D eigenvalue weighted by atomic mass is 32.1. The van der Waals surface area contributed by atoms with Crippen molar-refractivity contribution >= 4 is 11.3 Å². The van der Waals surface area contributed by atoms with Gasteiger partial charge < -0.3 is 14.5 Å². The molecule has 4 rings (SSSR count). The van der Waals surface area contributed by atoms with Gasteiger partial charge in [0.25, 0.3) is 5.56 Å². The number of nitrogens with one attached hydrogen (secondary N) is 1. The fraction of sp³-hybridized carbons (Fsp3) is 0.333. The van der Waals surface area contributed by atoms with Gasteiger partial charge >= 0.3 is 0 Å². The van der Waals surface area contributed by atoms with Gasteiger partial charge in [-0.3, -0.25) is 9.69 Å². The Morgan fingerprint density at radius 1 is 1.29 bits per heavy atom. The lowest BCUT2D eigenvalue weighted by molar-refractivity contribution is 0.241. The van der Waals surface area contributed by atoms with E-state index in [2.05, 4.69) is 9.88 Å². The summed E-state index contributed by atoms with van der Waals surface area (Å²) in [7, 11) is 1.65. The van der Waals surface area contributed by atoms with E-state index in [0.717, 1.165) is 52.7 Å². The molecule has 28 heavy (non-hydrogen) atoms. The number of aromatic amines is 1. The molecule has 0 atom stereocenters. The largest absolute Gasteiger partial charge is 0.493 e. The Morgan fingerprint density at radius 2 is 2.18 bits per heavy atom. The third-order valence-electron chi connectivity index (χ3n) is 4.84. The monoisotopic (exact) mass is 397 g/mol. The number of thiophene rings is 1. The summed E-state index contributed by atoms with van der Waals surface area (Å²) in [6, 6.07) is 9.93. The van der Waals surface area contributed by atoms with Gasteiger partial charge in [0.05, 0.1) is 29.9 Å². The van der Waals surface area contributed by atoms with Crippen LogP contribution in [-0.2, 0) is 19.5 Å². The summed E-state index contributed by atoms with van der Waals surface area (Å²) < 4.78 is 11.0. The fourth-order valence-electron chi connectivity index (χ4n) is 3.49. The predicted octanol–water partition coefficient (Wildman–Crippen LogP) is 3.46. The zero-order valence-corrected chi connectivity index (χ0v) is 16.8. The molecule has 0 amide bonds. The summed E-state index contributed by atoms with van der Waals surface area (Å²) in [5, 5.41) is 1.99. The van der Waals surface area contributed by atoms with E-state index in [1.165, 1.54) is 0 Å². The Hall–Kier alpha value is -2.64. The number of hydrogen-bond acceptors (Lipinski definition) is 6. The van der Waals surface area contributed by atoms with E-state index in [0.29, 0.717) is 19.0 Å². The number of ether oxygens (including phenoxy) is 2. The molecule has 0 fully saturated rings. The van der Waals surface area contributed by atoms with Crippen LogP contribution in [0.15, 0.2) is 40.5 Å². The molecule has 0 unspecified atom stereocenters. The zero-order chi connectivity index (χ0) is 19.5. The molecule has 6 nitrogen and oxygen atoms in total. The summed E-state index contributed by atoms with van der Waals surface area (Å²) in [5.41, 5.74) is 2.77. The number of fused-ring (bicyclic) bond motifs is 1. The molecule has 0 radical (unpaired) electrons. The molecule has 1 N–H and O–H groups in total. The second-order valence-corrected chi connectivity index (χ2v) is 7.64. The topological polar surface area (TPSA) is 67.5 Å². The smallest absolute Gasteiger partial charge is 0.255 e. The number of rotatable bonds is 6. The van der Waals surface area contributed by atoms with Gasteiger partial charge in [-0.05, 0) is 36.1 Å². The zero-order valence-electron chi connectivity index (χ0n) is 16.0. The molecule has 7 heteroatoms. The number of hydrogen-bond donors (Lipinski definition) is 1. The molecule has 0 spiro atoms. The van der Waals surface area contributed by atoms with Gasteiger partial charge in [-0.15, -0.1) is 11.3 Å². The Bertz CT molecular complexity index is 1010. The molecule has 2 aromatic heterocycles. The van der Waals surface area contributed by atoms with E-state index < -0.39 is 0 Å². The van der Waals surface area contributed by atoms with Crippen molar-refractivity contribution in [3.63, 3.8) is 0 Å². The van der Waals surface area contributed by atoms with Crippen molar-refractivity contribution in [3.05, 3.63) is 62.9 Å². The van der Waals surface area contributed by atoms with Crippen LogP contribution in [-0.4, -0.2) is 35.1 Å². The molecule has 1 aliphatic heterocycles. The second kappa shape index (κ2) is 8.16. The first kappa shape index (κ1) is 18.7. The van der Waals surface area contributed by atoms with Crippen molar-refractivity contribution < 1.29 is 9.47 Å². The molecular weight excluding hydrogens is 374 g/mol. The van der Waals surface area contributed by atoms with Crippen molar-refractivity contribution in [2.45, 2.75) is 26.4 Å². The summed E-state index contributed by atoms with van der Waals surface area (Å²) in [5.74, 6) is 2.15. The summed E-state index contributed by atoms with van der Waals surface area (Å²) in [4.78, 5) is 23.5. The summed E-state index contributed by atoms with van der Waals surface area (Å²) in [6.45, 7) is 4.75. The Balaban J connectivity index is 1.52. The van der Waals surface area contributed by atoms with Crippen LogP contribution in [0.1, 0.15) is 23.7 Å². The molecule has 3 heterocycles. The molecule has 0 aliphatic carbocycles. The Kier molecular flexibility index (Phi) is 5.45. The maximum absolute atomic E-state index is 12.6. The molecule has 0 saturated heterocycles. The molecule has 0 saturated carbocycles. The molecule has 1 aliphatic rings. The van der Waals surface area contributed by atoms with Crippen LogP contribution in [0.2, 0.25) is 0 Å². The second-order valence-electron chi connectivity index (χ2n) is 6.70. The first-order chi connectivity index (χ1) is 13.7. The van der Waals surface area contributed by atoms with Crippen molar-refractivity contribution in [1.29, 1.82) is 0 Å². The maximum Gasteiger partial charge on any atom is 0.255 e. The predicted molar refractivity (Wildman–Crippen MR) is 110 cm³/mol. The minimum atomic E-state index is -0.0395. The van der Waals surface area contributed by atoms with Gasteiger partial charge in [-0.2, -0.15) is 0 Å². The maximum atomic E-state index is 12.6. The molecule has 0 bridgehead atoms. The van der Waals surface area contributed by atoms with Crippen LogP contribution in [0.5, 0.6) is 11.5 Å². The number of benzene rings is 1. The lowest BCUT2D eigenvalue weighted by Crippen LogP contribution is -2.35. The average Bonchev–Trinajstić information content (AvgIpc) is 3.24. The van der Waals surface area contributed by atoms with Gasteiger partial charge in [-0.25, -0.2) is 4.98 Å². The van der Waals surface area contributed by atoms with Crippen molar-refractivity contribution in [1.82, 2.24) is 14.9 Å². The first-order valence-corrected chi connectivity index (χ1v) is 10.2. The van der Waals surface area contributed by atoms with E-state index in [4.69, 9.17) is 14.5 Å². The molecule has 3 aromatic rings. The van der Waals surface area contributed by atoms with Crippen LogP contribution < -0.4 is 15.0 Å². The SMILES string of the molecule is CCOc1ccc(CN2CCc3nc(-c4cccs4)[nH]c(=O)c3C2)cc1OC. The van der Waals surface area contributed by atoms with Gasteiger partial charge in [0.2, 0.25) is 0 Å². The number of aromatic nitrogens is 2. The fourth-order valence-corrected chi connectivity index (χ4v) is 4.16. The van der Waals surface area contributed by atoms with E-state index in [1.54, 1.807) is 18.4 Å². The van der Waals surface area contributed by atoms with Crippen LogP contribution >= 0.6 is 11.3 Å². The highest BCUT2D eigenvalue weighted by molar-refractivity contribution is 7.13. The lowest BCUT2D eigenvalue weighted by atomic mass is 10.1. The first-order valence-electron chi connectivity index (χ1n) is 9.36. The van der Waals surface area contributed by atoms with E-state index in [1.807, 2.05) is 42.6 Å². The number of nitrogens with zero attached hydrogens (tertiary/aromatic N) is 2. The van der Waals surface area contributed by atoms with Crippen LogP contribution in [0.3, 0.4) is 0 Å². The van der Waals surface area contributed by atoms with Crippen molar-refractivity contribution in [2.75, 3.05) is 20.3 Å². The van der Waals surface area contributed by atoms with Crippen LogP contribution in [0.4, 0.5) is 0 Å².